The molecule has 1 rings (SSSR count). The summed E-state index contributed by atoms with van der Waals surface area (Å²) >= 11 is 0. The third-order valence-corrected chi connectivity index (χ3v) is 2.18. The summed E-state index contributed by atoms with van der Waals surface area (Å²) in [6.07, 6.45) is 2.92. The minimum absolute atomic E-state index is 0.227. The second-order valence-corrected chi connectivity index (χ2v) is 3.54. The fourth-order valence-corrected chi connectivity index (χ4v) is 1.20. The maximum atomic E-state index is 11.4. The molecule has 0 aliphatic carbocycles. The van der Waals surface area contributed by atoms with E-state index in [1.54, 1.807) is 19.3 Å². The Bertz CT molecular complexity index is 471. The lowest BCUT2D eigenvalue weighted by Gasteiger charge is -2.02. The number of hydrogen-bond acceptors (Lipinski definition) is 4. The summed E-state index contributed by atoms with van der Waals surface area (Å²) in [5.74, 6) is -0.0674. The highest BCUT2D eigenvalue weighted by Gasteiger charge is 2.00. The molecule has 6 heteroatoms. The molecule has 2 N–H and O–H groups in total. The average molecular weight is 264 g/mol. The molecule has 1 aromatic rings. The van der Waals surface area contributed by atoms with Gasteiger partial charge in [0, 0.05) is 13.1 Å². The van der Waals surface area contributed by atoms with Gasteiger partial charge in [0.25, 0.3) is 5.91 Å². The molecule has 0 fully saturated rings. The molecular formula is C13H16N2O4. The van der Waals surface area contributed by atoms with Gasteiger partial charge in [0.15, 0.2) is 6.61 Å². The van der Waals surface area contributed by atoms with Gasteiger partial charge in [-0.15, -0.1) is 0 Å². The van der Waals surface area contributed by atoms with Crippen LogP contribution in [0.25, 0.3) is 6.08 Å². The Morgan fingerprint density at radius 1 is 1.37 bits per heavy atom. The fraction of sp³-hybridized carbons (Fsp3) is 0.231. The molecule has 0 aliphatic rings. The van der Waals surface area contributed by atoms with E-state index < -0.39 is 5.91 Å². The minimum atomic E-state index is -0.452. The molecule has 102 valence electrons. The van der Waals surface area contributed by atoms with E-state index in [4.69, 9.17) is 9.57 Å². The number of hydroxylamine groups is 1. The summed E-state index contributed by atoms with van der Waals surface area (Å²) in [5, 5.41) is 2.36. The van der Waals surface area contributed by atoms with Gasteiger partial charge in [-0.25, -0.2) is 5.48 Å². The number of nitrogens with one attached hydrogen (secondary N) is 2. The molecule has 0 atom stereocenters. The van der Waals surface area contributed by atoms with E-state index in [-0.39, 0.29) is 12.5 Å². The van der Waals surface area contributed by atoms with Gasteiger partial charge >= 0.3 is 0 Å². The fourth-order valence-electron chi connectivity index (χ4n) is 1.20. The van der Waals surface area contributed by atoms with Crippen LogP contribution in [0.3, 0.4) is 0 Å². The second kappa shape index (κ2) is 7.88. The molecule has 0 unspecified atom stereocenters. The number of likely N-dealkylation sites (N-methyl/N-ethyl adjacent to an activating group) is 1. The molecule has 0 heterocycles. The smallest absolute Gasteiger partial charge is 0.267 e. The number of hydrogen-bond donors (Lipinski definition) is 2. The largest absolute Gasteiger partial charge is 0.497 e. The molecule has 6 nitrogen and oxygen atoms in total. The van der Waals surface area contributed by atoms with Crippen molar-refractivity contribution in [1.82, 2.24) is 10.8 Å². The van der Waals surface area contributed by atoms with Crippen molar-refractivity contribution >= 4 is 17.9 Å². The van der Waals surface area contributed by atoms with E-state index in [2.05, 4.69) is 10.8 Å². The highest BCUT2D eigenvalue weighted by molar-refractivity contribution is 5.91. The molecule has 0 bridgehead atoms. The topological polar surface area (TPSA) is 76.7 Å². The second-order valence-electron chi connectivity index (χ2n) is 3.54. The van der Waals surface area contributed by atoms with E-state index in [1.807, 2.05) is 18.2 Å². The Balaban J connectivity index is 2.42. The molecule has 0 spiro atoms. The summed E-state index contributed by atoms with van der Waals surface area (Å²) in [6, 6.07) is 7.25. The first kappa shape index (κ1) is 14.7. The van der Waals surface area contributed by atoms with Gasteiger partial charge in [-0.1, -0.05) is 12.1 Å². The molecule has 0 saturated heterocycles. The summed E-state index contributed by atoms with van der Waals surface area (Å²) in [7, 11) is 3.05. The van der Waals surface area contributed by atoms with Crippen molar-refractivity contribution < 1.29 is 19.2 Å². The zero-order chi connectivity index (χ0) is 14.1. The van der Waals surface area contributed by atoms with Crippen molar-refractivity contribution in [3.63, 3.8) is 0 Å². The molecule has 0 aliphatic heterocycles. The lowest BCUT2D eigenvalue weighted by molar-refractivity contribution is -0.135. The highest BCUT2D eigenvalue weighted by Crippen LogP contribution is 2.13. The van der Waals surface area contributed by atoms with Gasteiger partial charge in [0.1, 0.15) is 5.75 Å². The van der Waals surface area contributed by atoms with Crippen LogP contribution in [0.4, 0.5) is 0 Å². The first-order valence-electron chi connectivity index (χ1n) is 5.60. The maximum Gasteiger partial charge on any atom is 0.267 e. The van der Waals surface area contributed by atoms with Crippen molar-refractivity contribution in [2.75, 3.05) is 20.8 Å². The predicted molar refractivity (Wildman–Crippen MR) is 70.2 cm³/mol. The standard InChI is InChI=1S/C13H16N2O4/c1-14-13(17)9-19-15-12(16)7-6-10-4-3-5-11(8-10)18-2/h3-8H,9H2,1-2H3,(H,14,17)(H,15,16)/b7-6+. The number of methoxy groups -OCH3 is 1. The van der Waals surface area contributed by atoms with Crippen molar-refractivity contribution in [1.29, 1.82) is 0 Å². The third-order valence-electron chi connectivity index (χ3n) is 2.18. The quantitative estimate of drug-likeness (QED) is 0.579. The molecule has 0 aromatic heterocycles. The van der Waals surface area contributed by atoms with E-state index in [0.29, 0.717) is 5.75 Å². The minimum Gasteiger partial charge on any atom is -0.497 e. The van der Waals surface area contributed by atoms with Crippen molar-refractivity contribution in [3.8, 4) is 5.75 Å². The summed E-state index contributed by atoms with van der Waals surface area (Å²) in [4.78, 5) is 26.9. The summed E-state index contributed by atoms with van der Waals surface area (Å²) in [5.41, 5.74) is 2.95. The van der Waals surface area contributed by atoms with Crippen LogP contribution in [-0.4, -0.2) is 32.6 Å². The first-order valence-corrected chi connectivity index (χ1v) is 5.60. The molecule has 2 amide bonds. The Morgan fingerprint density at radius 2 is 2.16 bits per heavy atom. The number of rotatable bonds is 6. The Labute approximate surface area is 111 Å². The lowest BCUT2D eigenvalue weighted by Crippen LogP contribution is -2.30. The molecule has 19 heavy (non-hydrogen) atoms. The molecular weight excluding hydrogens is 248 g/mol. The van der Waals surface area contributed by atoms with E-state index in [0.717, 1.165) is 5.56 Å². The van der Waals surface area contributed by atoms with Crippen LogP contribution in [0.2, 0.25) is 0 Å². The number of carbonyl (C=O) groups excluding carboxylic acids is 2. The summed E-state index contributed by atoms with van der Waals surface area (Å²) < 4.78 is 5.06. The van der Waals surface area contributed by atoms with Crippen molar-refractivity contribution in [2.24, 2.45) is 0 Å². The van der Waals surface area contributed by atoms with Crippen LogP contribution in [0.15, 0.2) is 30.3 Å². The Morgan fingerprint density at radius 3 is 2.84 bits per heavy atom. The predicted octanol–water partition coefficient (Wildman–Crippen LogP) is 0.502. The van der Waals surface area contributed by atoms with Crippen LogP contribution in [-0.2, 0) is 14.4 Å². The van der Waals surface area contributed by atoms with Crippen LogP contribution in [0.5, 0.6) is 5.75 Å². The molecule has 0 radical (unpaired) electrons. The third kappa shape index (κ3) is 5.69. The Hall–Kier alpha value is -2.34. The number of carbonyl (C=O) groups is 2. The zero-order valence-electron chi connectivity index (χ0n) is 10.8. The van der Waals surface area contributed by atoms with Crippen molar-refractivity contribution in [3.05, 3.63) is 35.9 Å². The van der Waals surface area contributed by atoms with E-state index >= 15 is 0 Å². The van der Waals surface area contributed by atoms with Crippen LogP contribution in [0, 0.1) is 0 Å². The van der Waals surface area contributed by atoms with Gasteiger partial charge < -0.3 is 10.1 Å². The summed E-state index contributed by atoms with van der Waals surface area (Å²) in [6.45, 7) is -0.227. The SMILES string of the molecule is CNC(=O)CONC(=O)/C=C/c1cccc(OC)c1. The molecule has 1 aromatic carbocycles. The van der Waals surface area contributed by atoms with E-state index in [9.17, 15) is 9.59 Å². The number of amides is 2. The van der Waals surface area contributed by atoms with Crippen LogP contribution in [0.1, 0.15) is 5.56 Å². The Kier molecular flexibility index (Phi) is 6.11. The van der Waals surface area contributed by atoms with Crippen molar-refractivity contribution in [2.45, 2.75) is 0 Å². The van der Waals surface area contributed by atoms with Gasteiger partial charge in [0.2, 0.25) is 5.91 Å². The first-order chi connectivity index (χ1) is 9.15. The zero-order valence-corrected chi connectivity index (χ0v) is 10.8. The van der Waals surface area contributed by atoms with E-state index in [1.165, 1.54) is 13.1 Å². The average Bonchev–Trinajstić information content (AvgIpc) is 2.45. The van der Waals surface area contributed by atoms with Crippen LogP contribution >= 0.6 is 0 Å². The molecule has 0 saturated carbocycles. The van der Waals surface area contributed by atoms with Gasteiger partial charge in [0.05, 0.1) is 7.11 Å². The monoisotopic (exact) mass is 264 g/mol. The van der Waals surface area contributed by atoms with Crippen LogP contribution < -0.4 is 15.5 Å². The number of ether oxygens (including phenoxy) is 1. The maximum absolute atomic E-state index is 11.4. The number of benzene rings is 1. The lowest BCUT2D eigenvalue weighted by atomic mass is 10.2. The van der Waals surface area contributed by atoms with Gasteiger partial charge in [-0.05, 0) is 23.8 Å². The highest BCUT2D eigenvalue weighted by atomic mass is 16.7. The normalized spacial score (nSPS) is 10.2. The van der Waals surface area contributed by atoms with Gasteiger partial charge in [-0.2, -0.15) is 0 Å². The van der Waals surface area contributed by atoms with Gasteiger partial charge in [-0.3, -0.25) is 14.4 Å².